The van der Waals surface area contributed by atoms with Crippen LogP contribution >= 0.6 is 15.9 Å². The molecule has 0 amide bonds. The van der Waals surface area contributed by atoms with Crippen molar-refractivity contribution < 1.29 is 14.3 Å². The topological polar surface area (TPSA) is 55.1 Å². The Hall–Kier alpha value is -1.69. The second-order valence-electron chi connectivity index (χ2n) is 3.48. The molecule has 0 saturated heterocycles. The van der Waals surface area contributed by atoms with E-state index in [1.807, 2.05) is 0 Å². The molecule has 0 radical (unpaired) electrons. The summed E-state index contributed by atoms with van der Waals surface area (Å²) in [5, 5.41) is 12.7. The first-order chi connectivity index (χ1) is 8.06. The van der Waals surface area contributed by atoms with E-state index in [4.69, 9.17) is 5.11 Å². The lowest BCUT2D eigenvalue weighted by atomic mass is 10.1. The predicted octanol–water partition coefficient (Wildman–Crippen LogP) is 2.53. The maximum absolute atomic E-state index is 13.4. The second kappa shape index (κ2) is 4.67. The number of carboxylic acid groups (broad SMARTS) is 1. The van der Waals surface area contributed by atoms with Gasteiger partial charge in [0, 0.05) is 6.20 Å². The van der Waals surface area contributed by atoms with Gasteiger partial charge in [-0.15, -0.1) is 0 Å². The summed E-state index contributed by atoms with van der Waals surface area (Å²) in [6, 6.07) is 4.03. The highest BCUT2D eigenvalue weighted by Gasteiger charge is 2.10. The maximum Gasteiger partial charge on any atom is 0.338 e. The van der Waals surface area contributed by atoms with Crippen molar-refractivity contribution in [3.05, 3.63) is 52.0 Å². The van der Waals surface area contributed by atoms with Gasteiger partial charge < -0.3 is 5.11 Å². The molecule has 0 unspecified atom stereocenters. The van der Waals surface area contributed by atoms with Gasteiger partial charge in [-0.1, -0.05) is 6.07 Å². The van der Waals surface area contributed by atoms with Crippen LogP contribution in [0, 0.1) is 5.82 Å². The number of nitrogens with zero attached hydrogens (tertiary/aromatic N) is 2. The molecule has 0 saturated carbocycles. The summed E-state index contributed by atoms with van der Waals surface area (Å²) in [7, 11) is 0. The van der Waals surface area contributed by atoms with Crippen LogP contribution in [0.1, 0.15) is 15.9 Å². The fraction of sp³-hybridized carbons (Fsp3) is 0.0909. The highest BCUT2D eigenvalue weighted by molar-refractivity contribution is 9.10. The highest BCUT2D eigenvalue weighted by atomic mass is 79.9. The van der Waals surface area contributed by atoms with Crippen LogP contribution in [-0.2, 0) is 6.54 Å². The summed E-state index contributed by atoms with van der Waals surface area (Å²) >= 11 is 3.26. The normalized spacial score (nSPS) is 10.5. The lowest BCUT2D eigenvalue weighted by Crippen LogP contribution is -2.04. The largest absolute Gasteiger partial charge is 0.478 e. The van der Waals surface area contributed by atoms with Gasteiger partial charge in [0.15, 0.2) is 0 Å². The van der Waals surface area contributed by atoms with Gasteiger partial charge in [-0.3, -0.25) is 4.68 Å². The fourth-order valence-corrected chi connectivity index (χ4v) is 1.77. The van der Waals surface area contributed by atoms with E-state index in [9.17, 15) is 9.18 Å². The predicted molar refractivity (Wildman–Crippen MR) is 62.4 cm³/mol. The first-order valence-corrected chi connectivity index (χ1v) is 5.55. The Morgan fingerprint density at radius 3 is 2.82 bits per heavy atom. The summed E-state index contributed by atoms with van der Waals surface area (Å²) in [6.07, 6.45) is 3.38. The van der Waals surface area contributed by atoms with E-state index in [1.54, 1.807) is 23.1 Å². The van der Waals surface area contributed by atoms with Gasteiger partial charge >= 0.3 is 5.97 Å². The molecule has 1 heterocycles. The molecule has 88 valence electrons. The Morgan fingerprint density at radius 1 is 1.53 bits per heavy atom. The number of hydrogen-bond acceptors (Lipinski definition) is 2. The summed E-state index contributed by atoms with van der Waals surface area (Å²) in [5.41, 5.74) is 0.332. The monoisotopic (exact) mass is 298 g/mol. The standard InChI is InChI=1S/C11H8BrFN2O2/c12-8-4-14-15(6-8)5-7-1-2-9(11(16)17)10(13)3-7/h1-4,6H,5H2,(H,16,17). The molecule has 0 aliphatic carbocycles. The summed E-state index contributed by atoms with van der Waals surface area (Å²) in [4.78, 5) is 10.6. The minimum Gasteiger partial charge on any atom is -0.478 e. The second-order valence-corrected chi connectivity index (χ2v) is 4.39. The molecular weight excluding hydrogens is 291 g/mol. The maximum atomic E-state index is 13.4. The molecule has 0 fully saturated rings. The van der Waals surface area contributed by atoms with Crippen molar-refractivity contribution in [2.75, 3.05) is 0 Å². The Balaban J connectivity index is 2.23. The summed E-state index contributed by atoms with van der Waals surface area (Å²) in [6.45, 7) is 0.391. The molecule has 6 heteroatoms. The van der Waals surface area contributed by atoms with Crippen LogP contribution in [-0.4, -0.2) is 20.9 Å². The molecule has 1 aromatic heterocycles. The summed E-state index contributed by atoms with van der Waals surface area (Å²) in [5.74, 6) is -2.00. The van der Waals surface area contributed by atoms with Crippen LogP contribution in [0.5, 0.6) is 0 Å². The average molecular weight is 299 g/mol. The molecule has 1 N–H and O–H groups in total. The number of aromatic carboxylic acids is 1. The smallest absolute Gasteiger partial charge is 0.338 e. The Morgan fingerprint density at radius 2 is 2.29 bits per heavy atom. The lowest BCUT2D eigenvalue weighted by molar-refractivity contribution is 0.0692. The van der Waals surface area contributed by atoms with Crippen molar-refractivity contribution in [1.29, 1.82) is 0 Å². The van der Waals surface area contributed by atoms with E-state index < -0.39 is 11.8 Å². The van der Waals surface area contributed by atoms with E-state index in [2.05, 4.69) is 21.0 Å². The van der Waals surface area contributed by atoms with E-state index in [-0.39, 0.29) is 5.56 Å². The molecule has 0 bridgehead atoms. The molecule has 0 atom stereocenters. The SMILES string of the molecule is O=C(O)c1ccc(Cn2cc(Br)cn2)cc1F. The van der Waals surface area contributed by atoms with Crippen LogP contribution < -0.4 is 0 Å². The highest BCUT2D eigenvalue weighted by Crippen LogP contribution is 2.13. The Labute approximate surface area is 105 Å². The van der Waals surface area contributed by atoms with Crippen molar-refractivity contribution in [2.45, 2.75) is 6.54 Å². The van der Waals surface area contributed by atoms with Gasteiger partial charge in [-0.05, 0) is 33.6 Å². The van der Waals surface area contributed by atoms with Crippen LogP contribution in [0.25, 0.3) is 0 Å². The number of hydrogen-bond donors (Lipinski definition) is 1. The first-order valence-electron chi connectivity index (χ1n) is 4.76. The van der Waals surface area contributed by atoms with Gasteiger partial charge in [0.2, 0.25) is 0 Å². The molecule has 0 aliphatic heterocycles. The number of aromatic nitrogens is 2. The van der Waals surface area contributed by atoms with E-state index in [1.165, 1.54) is 12.1 Å². The number of rotatable bonds is 3. The third kappa shape index (κ3) is 2.71. The molecule has 17 heavy (non-hydrogen) atoms. The van der Waals surface area contributed by atoms with E-state index >= 15 is 0 Å². The molecule has 2 aromatic rings. The molecule has 0 aliphatic rings. The van der Waals surface area contributed by atoms with Crippen molar-refractivity contribution in [1.82, 2.24) is 9.78 Å². The van der Waals surface area contributed by atoms with Gasteiger partial charge in [0.05, 0.1) is 22.8 Å². The van der Waals surface area contributed by atoms with Crippen molar-refractivity contribution >= 4 is 21.9 Å². The van der Waals surface area contributed by atoms with E-state index in [0.29, 0.717) is 12.1 Å². The Kier molecular flexibility index (Phi) is 3.23. The Bertz CT molecular complexity index is 568. The van der Waals surface area contributed by atoms with Gasteiger partial charge in [0.1, 0.15) is 5.82 Å². The number of carbonyl (C=O) groups is 1. The zero-order chi connectivity index (χ0) is 12.4. The number of carboxylic acids is 1. The van der Waals surface area contributed by atoms with Crippen LogP contribution in [0.3, 0.4) is 0 Å². The fourth-order valence-electron chi connectivity index (χ4n) is 1.44. The number of benzene rings is 1. The van der Waals surface area contributed by atoms with Crippen molar-refractivity contribution in [3.8, 4) is 0 Å². The van der Waals surface area contributed by atoms with E-state index in [0.717, 1.165) is 4.47 Å². The van der Waals surface area contributed by atoms with Gasteiger partial charge in [0.25, 0.3) is 0 Å². The van der Waals surface area contributed by atoms with Crippen LogP contribution in [0.15, 0.2) is 35.1 Å². The molecule has 2 rings (SSSR count). The van der Waals surface area contributed by atoms with Crippen molar-refractivity contribution in [2.24, 2.45) is 0 Å². The quantitative estimate of drug-likeness (QED) is 0.947. The zero-order valence-corrected chi connectivity index (χ0v) is 10.2. The van der Waals surface area contributed by atoms with Gasteiger partial charge in [-0.2, -0.15) is 5.10 Å². The minimum absolute atomic E-state index is 0.324. The zero-order valence-electron chi connectivity index (χ0n) is 8.60. The molecular formula is C11H8BrFN2O2. The average Bonchev–Trinajstić information content (AvgIpc) is 2.63. The third-order valence-corrected chi connectivity index (χ3v) is 2.62. The van der Waals surface area contributed by atoms with Crippen LogP contribution in [0.4, 0.5) is 4.39 Å². The molecule has 4 nitrogen and oxygen atoms in total. The van der Waals surface area contributed by atoms with Crippen LogP contribution in [0.2, 0.25) is 0 Å². The minimum atomic E-state index is -1.27. The first kappa shape index (κ1) is 11.8. The molecule has 0 spiro atoms. The molecule has 1 aromatic carbocycles. The third-order valence-electron chi connectivity index (χ3n) is 2.21. The summed E-state index contributed by atoms with van der Waals surface area (Å²) < 4.78 is 15.8. The van der Waals surface area contributed by atoms with Crippen molar-refractivity contribution in [3.63, 3.8) is 0 Å². The lowest BCUT2D eigenvalue weighted by Gasteiger charge is -2.03. The van der Waals surface area contributed by atoms with Gasteiger partial charge in [-0.25, -0.2) is 9.18 Å². The number of halogens is 2.